The minimum atomic E-state index is 0.277. The van der Waals surface area contributed by atoms with Gasteiger partial charge in [-0.05, 0) is 37.0 Å². The van der Waals surface area contributed by atoms with Crippen LogP contribution in [0.4, 0.5) is 5.69 Å². The zero-order chi connectivity index (χ0) is 17.0. The van der Waals surface area contributed by atoms with E-state index in [1.807, 2.05) is 6.07 Å². The Morgan fingerprint density at radius 3 is 2.76 bits per heavy atom. The Bertz CT molecular complexity index is 816. The van der Waals surface area contributed by atoms with Crippen LogP contribution in [0, 0.1) is 6.92 Å². The molecule has 0 spiro atoms. The summed E-state index contributed by atoms with van der Waals surface area (Å²) < 4.78 is 0. The predicted molar refractivity (Wildman–Crippen MR) is 99.7 cm³/mol. The molecule has 1 aliphatic carbocycles. The van der Waals surface area contributed by atoms with Crippen LogP contribution < -0.4 is 4.90 Å². The van der Waals surface area contributed by atoms with Gasteiger partial charge in [-0.15, -0.1) is 0 Å². The van der Waals surface area contributed by atoms with Crippen molar-refractivity contribution in [1.82, 2.24) is 4.90 Å². The van der Waals surface area contributed by atoms with E-state index < -0.39 is 0 Å². The van der Waals surface area contributed by atoms with Gasteiger partial charge in [-0.3, -0.25) is 4.79 Å². The minimum Gasteiger partial charge on any atom is -0.356 e. The van der Waals surface area contributed by atoms with E-state index in [4.69, 9.17) is 0 Å². The zero-order valence-corrected chi connectivity index (χ0v) is 14.7. The highest BCUT2D eigenvalue weighted by atomic mass is 16.2. The number of aryl methyl sites for hydroxylation is 1. The number of carbonyl (C=O) groups excluding carboxylic acids is 1. The van der Waals surface area contributed by atoms with Gasteiger partial charge in [0.05, 0.1) is 18.6 Å². The predicted octanol–water partition coefficient (Wildman–Crippen LogP) is 3.86. The van der Waals surface area contributed by atoms with Crippen molar-refractivity contribution in [3.63, 3.8) is 0 Å². The molecule has 3 aliphatic rings. The molecule has 2 heterocycles. The number of fused-ring (bicyclic) bond motifs is 3. The Hall–Kier alpha value is -2.29. The molecule has 128 valence electrons. The summed E-state index contributed by atoms with van der Waals surface area (Å²) in [6.45, 7) is 3.45. The number of carbonyl (C=O) groups is 1. The van der Waals surface area contributed by atoms with Crippen LogP contribution in [0.25, 0.3) is 0 Å². The molecule has 2 aliphatic heterocycles. The van der Waals surface area contributed by atoms with E-state index in [9.17, 15) is 4.79 Å². The summed E-state index contributed by atoms with van der Waals surface area (Å²) in [4.78, 5) is 17.6. The highest BCUT2D eigenvalue weighted by Gasteiger charge is 2.51. The van der Waals surface area contributed by atoms with Crippen LogP contribution >= 0.6 is 0 Å². The summed E-state index contributed by atoms with van der Waals surface area (Å²) in [7, 11) is 0. The van der Waals surface area contributed by atoms with Crippen molar-refractivity contribution >= 4 is 11.6 Å². The van der Waals surface area contributed by atoms with Gasteiger partial charge in [0.2, 0.25) is 5.91 Å². The van der Waals surface area contributed by atoms with Gasteiger partial charge in [0.25, 0.3) is 0 Å². The topological polar surface area (TPSA) is 23.6 Å². The van der Waals surface area contributed by atoms with Crippen LogP contribution in [0.5, 0.6) is 0 Å². The molecular weight excluding hydrogens is 308 g/mol. The van der Waals surface area contributed by atoms with Gasteiger partial charge in [0, 0.05) is 18.2 Å². The first-order valence-corrected chi connectivity index (χ1v) is 9.43. The lowest BCUT2D eigenvalue weighted by Gasteiger charge is -2.49. The van der Waals surface area contributed by atoms with Crippen LogP contribution in [-0.2, 0) is 11.3 Å². The monoisotopic (exact) mass is 332 g/mol. The van der Waals surface area contributed by atoms with E-state index in [1.54, 1.807) is 0 Å². The Labute approximate surface area is 149 Å². The molecule has 2 aromatic carbocycles. The van der Waals surface area contributed by atoms with Gasteiger partial charge in [-0.25, -0.2) is 0 Å². The van der Waals surface area contributed by atoms with Crippen LogP contribution in [0.3, 0.4) is 0 Å². The molecule has 3 atom stereocenters. The molecule has 3 nitrogen and oxygen atoms in total. The molecule has 5 rings (SSSR count). The van der Waals surface area contributed by atoms with Crippen molar-refractivity contribution in [2.24, 2.45) is 0 Å². The van der Waals surface area contributed by atoms with Crippen LogP contribution in [0.15, 0.2) is 48.5 Å². The average Bonchev–Trinajstić information content (AvgIpc) is 2.94. The van der Waals surface area contributed by atoms with E-state index in [-0.39, 0.29) is 5.91 Å². The second-order valence-corrected chi connectivity index (χ2v) is 7.79. The summed E-state index contributed by atoms with van der Waals surface area (Å²) in [6, 6.07) is 18.0. The molecule has 0 bridgehead atoms. The number of amides is 1. The standard InChI is InChI=1S/C22H24N2O/c1-15-10-11-19-18(12-15)17-8-5-9-20-22(17)24(19)14-21(25)23(20)13-16-6-3-2-4-7-16/h2-4,6-7,10-12,17,20,22H,5,8-9,13-14H2,1H3/t17-,20-,22-/m1/s1. The SMILES string of the molecule is Cc1ccc2c(c1)[C@H]1CCC[C@@H]3[C@@H]1N2CC(=O)N3Cc1ccccc1. The fraction of sp³-hybridized carbons (Fsp3) is 0.409. The number of hydrogen-bond donors (Lipinski definition) is 0. The number of piperazine rings is 1. The summed E-state index contributed by atoms with van der Waals surface area (Å²) in [6.07, 6.45) is 3.59. The maximum absolute atomic E-state index is 13.0. The smallest absolute Gasteiger partial charge is 0.242 e. The molecule has 0 aromatic heterocycles. The van der Waals surface area contributed by atoms with Gasteiger partial charge < -0.3 is 9.80 Å². The maximum atomic E-state index is 13.0. The van der Waals surface area contributed by atoms with Crippen molar-refractivity contribution in [3.05, 3.63) is 65.2 Å². The van der Waals surface area contributed by atoms with Crippen LogP contribution in [-0.4, -0.2) is 29.4 Å². The summed E-state index contributed by atoms with van der Waals surface area (Å²) in [5.41, 5.74) is 5.34. The van der Waals surface area contributed by atoms with Gasteiger partial charge >= 0.3 is 0 Å². The Kier molecular flexibility index (Phi) is 3.37. The first-order valence-electron chi connectivity index (χ1n) is 9.43. The normalized spacial score (nSPS) is 27.2. The highest BCUT2D eigenvalue weighted by molar-refractivity contribution is 5.86. The third-order valence-corrected chi connectivity index (χ3v) is 6.30. The van der Waals surface area contributed by atoms with Crippen LogP contribution in [0.1, 0.15) is 41.9 Å². The summed E-state index contributed by atoms with van der Waals surface area (Å²) in [5.74, 6) is 0.860. The number of nitrogens with zero attached hydrogens (tertiary/aromatic N) is 2. The molecule has 1 saturated heterocycles. The lowest BCUT2D eigenvalue weighted by molar-refractivity contribution is -0.136. The van der Waals surface area contributed by atoms with E-state index >= 15 is 0 Å². The molecule has 0 radical (unpaired) electrons. The third kappa shape index (κ3) is 2.29. The van der Waals surface area contributed by atoms with E-state index in [2.05, 4.69) is 59.2 Å². The second kappa shape index (κ2) is 5.62. The lowest BCUT2D eigenvalue weighted by atomic mass is 9.77. The Morgan fingerprint density at radius 2 is 1.92 bits per heavy atom. The number of rotatable bonds is 2. The van der Waals surface area contributed by atoms with Crippen molar-refractivity contribution in [1.29, 1.82) is 0 Å². The third-order valence-electron chi connectivity index (χ3n) is 6.30. The first kappa shape index (κ1) is 15.0. The van der Waals surface area contributed by atoms with Gasteiger partial charge in [0.1, 0.15) is 0 Å². The largest absolute Gasteiger partial charge is 0.356 e. The molecule has 3 heteroatoms. The minimum absolute atomic E-state index is 0.277. The average molecular weight is 332 g/mol. The summed E-state index contributed by atoms with van der Waals surface area (Å²) >= 11 is 0. The van der Waals surface area contributed by atoms with E-state index in [1.165, 1.54) is 35.2 Å². The fourth-order valence-electron chi connectivity index (χ4n) is 5.25. The van der Waals surface area contributed by atoms with Gasteiger partial charge in [-0.2, -0.15) is 0 Å². The Morgan fingerprint density at radius 1 is 1.08 bits per heavy atom. The van der Waals surface area contributed by atoms with Crippen molar-refractivity contribution < 1.29 is 4.79 Å². The van der Waals surface area contributed by atoms with Gasteiger partial charge in [-0.1, -0.05) is 54.4 Å². The molecular formula is C22H24N2O. The maximum Gasteiger partial charge on any atom is 0.242 e. The van der Waals surface area contributed by atoms with Gasteiger partial charge in [0.15, 0.2) is 0 Å². The van der Waals surface area contributed by atoms with Crippen molar-refractivity contribution in [2.45, 2.75) is 50.7 Å². The molecule has 1 saturated carbocycles. The Balaban J connectivity index is 1.52. The second-order valence-electron chi connectivity index (χ2n) is 7.79. The van der Waals surface area contributed by atoms with Crippen molar-refractivity contribution in [3.8, 4) is 0 Å². The van der Waals surface area contributed by atoms with Crippen LogP contribution in [0.2, 0.25) is 0 Å². The molecule has 25 heavy (non-hydrogen) atoms. The van der Waals surface area contributed by atoms with E-state index in [0.717, 1.165) is 13.0 Å². The molecule has 2 fully saturated rings. The molecule has 0 unspecified atom stereocenters. The quantitative estimate of drug-likeness (QED) is 0.834. The lowest BCUT2D eigenvalue weighted by Crippen LogP contribution is -2.62. The molecule has 2 aromatic rings. The zero-order valence-electron chi connectivity index (χ0n) is 14.7. The van der Waals surface area contributed by atoms with E-state index in [0.29, 0.717) is 24.5 Å². The molecule has 1 amide bonds. The van der Waals surface area contributed by atoms with Crippen molar-refractivity contribution in [2.75, 3.05) is 11.4 Å². The summed E-state index contributed by atoms with van der Waals surface area (Å²) in [5, 5.41) is 0. The number of hydrogen-bond acceptors (Lipinski definition) is 2. The highest BCUT2D eigenvalue weighted by Crippen LogP contribution is 2.50. The molecule has 0 N–H and O–H groups in total. The fourth-order valence-corrected chi connectivity index (χ4v) is 5.25. The number of benzene rings is 2. The first-order chi connectivity index (χ1) is 12.2. The number of anilines is 1.